The van der Waals surface area contributed by atoms with Crippen LogP contribution in [0.1, 0.15) is 10.4 Å². The second kappa shape index (κ2) is 7.12. The zero-order chi connectivity index (χ0) is 15.9. The molecule has 6 nitrogen and oxygen atoms in total. The van der Waals surface area contributed by atoms with E-state index in [0.717, 1.165) is 0 Å². The molecule has 0 atom stereocenters. The van der Waals surface area contributed by atoms with Gasteiger partial charge in [0, 0.05) is 5.69 Å². The summed E-state index contributed by atoms with van der Waals surface area (Å²) in [4.78, 5) is 22.7. The fraction of sp³-hybridized carbons (Fsp3) is 0.125. The van der Waals surface area contributed by atoms with Gasteiger partial charge >= 0.3 is 5.97 Å². The second-order valence-electron chi connectivity index (χ2n) is 4.48. The Morgan fingerprint density at radius 2 is 1.77 bits per heavy atom. The number of hydrogen-bond donors (Lipinski definition) is 3. The number of ether oxygens (including phenoxy) is 1. The van der Waals surface area contributed by atoms with Gasteiger partial charge in [0.05, 0.1) is 24.9 Å². The average molecular weight is 300 g/mol. The Kier molecular flexibility index (Phi) is 4.98. The number of carbonyl (C=O) groups is 2. The first-order chi connectivity index (χ1) is 10.6. The Morgan fingerprint density at radius 1 is 1.09 bits per heavy atom. The van der Waals surface area contributed by atoms with Crippen LogP contribution >= 0.6 is 0 Å². The number of carboxylic acid groups (broad SMARTS) is 1. The highest BCUT2D eigenvalue weighted by atomic mass is 16.5. The Bertz CT molecular complexity index is 668. The largest absolute Gasteiger partial charge is 0.495 e. The maximum atomic E-state index is 11.9. The zero-order valence-electron chi connectivity index (χ0n) is 12.0. The van der Waals surface area contributed by atoms with Gasteiger partial charge in [0.25, 0.3) is 0 Å². The summed E-state index contributed by atoms with van der Waals surface area (Å²) in [6.45, 7) is 0.0600. The van der Waals surface area contributed by atoms with Gasteiger partial charge in [0.1, 0.15) is 5.75 Å². The van der Waals surface area contributed by atoms with E-state index in [0.29, 0.717) is 17.1 Å². The van der Waals surface area contributed by atoms with Crippen molar-refractivity contribution in [2.45, 2.75) is 0 Å². The number of anilines is 2. The van der Waals surface area contributed by atoms with Gasteiger partial charge in [0.2, 0.25) is 5.91 Å². The lowest BCUT2D eigenvalue weighted by Crippen LogP contribution is -2.22. The summed E-state index contributed by atoms with van der Waals surface area (Å²) in [6.07, 6.45) is 0. The van der Waals surface area contributed by atoms with Crippen LogP contribution in [0.2, 0.25) is 0 Å². The number of methoxy groups -OCH3 is 1. The van der Waals surface area contributed by atoms with Crippen LogP contribution in [0, 0.1) is 0 Å². The van der Waals surface area contributed by atoms with Gasteiger partial charge in [-0.3, -0.25) is 4.79 Å². The Hall–Kier alpha value is -3.02. The number of carbonyl (C=O) groups excluding carboxylic acids is 1. The highest BCUT2D eigenvalue weighted by molar-refractivity contribution is 5.95. The summed E-state index contributed by atoms with van der Waals surface area (Å²) in [7, 11) is 1.53. The van der Waals surface area contributed by atoms with Gasteiger partial charge in [-0.15, -0.1) is 0 Å². The van der Waals surface area contributed by atoms with Crippen molar-refractivity contribution in [3.05, 3.63) is 54.1 Å². The van der Waals surface area contributed by atoms with Crippen LogP contribution in [0.3, 0.4) is 0 Å². The monoisotopic (exact) mass is 300 g/mol. The van der Waals surface area contributed by atoms with E-state index in [-0.39, 0.29) is 18.0 Å². The summed E-state index contributed by atoms with van der Waals surface area (Å²) in [5.74, 6) is -0.631. The van der Waals surface area contributed by atoms with E-state index in [1.165, 1.54) is 19.2 Å². The number of aromatic carboxylic acids is 1. The van der Waals surface area contributed by atoms with Crippen LogP contribution in [-0.4, -0.2) is 30.6 Å². The van der Waals surface area contributed by atoms with Crippen molar-refractivity contribution in [2.24, 2.45) is 0 Å². The van der Waals surface area contributed by atoms with Gasteiger partial charge in [-0.1, -0.05) is 12.1 Å². The third kappa shape index (κ3) is 3.99. The van der Waals surface area contributed by atoms with E-state index in [2.05, 4.69) is 10.6 Å². The van der Waals surface area contributed by atoms with Crippen molar-refractivity contribution in [3.8, 4) is 5.75 Å². The molecule has 6 heteroatoms. The molecule has 0 saturated heterocycles. The zero-order valence-corrected chi connectivity index (χ0v) is 12.0. The Morgan fingerprint density at radius 3 is 2.41 bits per heavy atom. The van der Waals surface area contributed by atoms with E-state index < -0.39 is 5.97 Å². The lowest BCUT2D eigenvalue weighted by Gasteiger charge is -2.11. The summed E-state index contributed by atoms with van der Waals surface area (Å²) in [5.41, 5.74) is 1.46. The highest BCUT2D eigenvalue weighted by Gasteiger charge is 2.07. The van der Waals surface area contributed by atoms with Gasteiger partial charge in [-0.25, -0.2) is 4.79 Å². The molecule has 0 saturated carbocycles. The molecule has 1 amide bonds. The molecular weight excluding hydrogens is 284 g/mol. The van der Waals surface area contributed by atoms with Crippen LogP contribution in [0.15, 0.2) is 48.5 Å². The van der Waals surface area contributed by atoms with Gasteiger partial charge in [-0.05, 0) is 36.4 Å². The Labute approximate surface area is 127 Å². The molecule has 0 unspecified atom stereocenters. The molecule has 0 heterocycles. The predicted molar refractivity (Wildman–Crippen MR) is 83.5 cm³/mol. The van der Waals surface area contributed by atoms with Crippen LogP contribution < -0.4 is 15.4 Å². The molecule has 0 spiro atoms. The first-order valence-electron chi connectivity index (χ1n) is 6.60. The molecule has 0 fully saturated rings. The number of benzene rings is 2. The van der Waals surface area contributed by atoms with E-state index in [1.54, 1.807) is 30.3 Å². The smallest absolute Gasteiger partial charge is 0.335 e. The van der Waals surface area contributed by atoms with Gasteiger partial charge in [-0.2, -0.15) is 0 Å². The van der Waals surface area contributed by atoms with Crippen LogP contribution in [0.4, 0.5) is 11.4 Å². The number of rotatable bonds is 6. The van der Waals surface area contributed by atoms with E-state index >= 15 is 0 Å². The number of hydrogen-bond acceptors (Lipinski definition) is 4. The molecule has 0 aliphatic heterocycles. The first kappa shape index (κ1) is 15.4. The molecule has 0 aliphatic rings. The van der Waals surface area contributed by atoms with Crippen molar-refractivity contribution >= 4 is 23.3 Å². The lowest BCUT2D eigenvalue weighted by molar-refractivity contribution is -0.114. The quantitative estimate of drug-likeness (QED) is 0.762. The first-order valence-corrected chi connectivity index (χ1v) is 6.60. The maximum Gasteiger partial charge on any atom is 0.335 e. The second-order valence-corrected chi connectivity index (χ2v) is 4.48. The van der Waals surface area contributed by atoms with Crippen molar-refractivity contribution in [1.29, 1.82) is 0 Å². The SMILES string of the molecule is COc1ccccc1NC(=O)CNc1ccc(C(=O)O)cc1. The van der Waals surface area contributed by atoms with Gasteiger partial charge in [0.15, 0.2) is 0 Å². The fourth-order valence-corrected chi connectivity index (χ4v) is 1.86. The van der Waals surface area contributed by atoms with Crippen molar-refractivity contribution < 1.29 is 19.4 Å². The minimum atomic E-state index is -0.986. The molecule has 0 aliphatic carbocycles. The normalized spacial score (nSPS) is 9.86. The van der Waals surface area contributed by atoms with Crippen LogP contribution in [-0.2, 0) is 4.79 Å². The molecule has 114 valence electrons. The summed E-state index contributed by atoms with van der Waals surface area (Å²) in [5, 5.41) is 14.5. The van der Waals surface area contributed by atoms with Crippen LogP contribution in [0.5, 0.6) is 5.75 Å². The fourth-order valence-electron chi connectivity index (χ4n) is 1.86. The van der Waals surface area contributed by atoms with E-state index in [4.69, 9.17) is 9.84 Å². The number of carboxylic acids is 1. The lowest BCUT2D eigenvalue weighted by atomic mass is 10.2. The molecule has 0 bridgehead atoms. The third-order valence-corrected chi connectivity index (χ3v) is 2.97. The molecular formula is C16H16N2O4. The van der Waals surface area contributed by atoms with Crippen molar-refractivity contribution in [1.82, 2.24) is 0 Å². The van der Waals surface area contributed by atoms with E-state index in [1.807, 2.05) is 6.07 Å². The summed E-state index contributed by atoms with van der Waals surface area (Å²) < 4.78 is 5.15. The number of amides is 1. The van der Waals surface area contributed by atoms with Crippen molar-refractivity contribution in [3.63, 3.8) is 0 Å². The number of para-hydroxylation sites is 2. The predicted octanol–water partition coefficient (Wildman–Crippen LogP) is 2.44. The van der Waals surface area contributed by atoms with Gasteiger partial charge < -0.3 is 20.5 Å². The molecule has 0 aromatic heterocycles. The molecule has 0 radical (unpaired) electrons. The Balaban J connectivity index is 1.91. The van der Waals surface area contributed by atoms with Crippen molar-refractivity contribution in [2.75, 3.05) is 24.3 Å². The minimum absolute atomic E-state index is 0.0600. The van der Waals surface area contributed by atoms with Crippen LogP contribution in [0.25, 0.3) is 0 Å². The van der Waals surface area contributed by atoms with E-state index in [9.17, 15) is 9.59 Å². The number of nitrogens with one attached hydrogen (secondary N) is 2. The maximum absolute atomic E-state index is 11.9. The summed E-state index contributed by atoms with van der Waals surface area (Å²) in [6, 6.07) is 13.3. The molecule has 3 N–H and O–H groups in total. The molecule has 2 aromatic carbocycles. The molecule has 22 heavy (non-hydrogen) atoms. The standard InChI is InChI=1S/C16H16N2O4/c1-22-14-5-3-2-4-13(14)18-15(19)10-17-12-8-6-11(7-9-12)16(20)21/h2-9,17H,10H2,1H3,(H,18,19)(H,20,21). The highest BCUT2D eigenvalue weighted by Crippen LogP contribution is 2.22. The minimum Gasteiger partial charge on any atom is -0.495 e. The third-order valence-electron chi connectivity index (χ3n) is 2.97. The molecule has 2 rings (SSSR count). The average Bonchev–Trinajstić information content (AvgIpc) is 2.54. The topological polar surface area (TPSA) is 87.7 Å². The summed E-state index contributed by atoms with van der Waals surface area (Å²) >= 11 is 0. The molecule has 2 aromatic rings.